The van der Waals surface area contributed by atoms with E-state index < -0.39 is 0 Å². The number of piperazine rings is 1. The molecule has 1 unspecified atom stereocenters. The number of hydrogen-bond acceptors (Lipinski definition) is 3. The van der Waals surface area contributed by atoms with Gasteiger partial charge in [0.05, 0.1) is 0 Å². The molecule has 2 aromatic carbocycles. The van der Waals surface area contributed by atoms with Gasteiger partial charge in [0.2, 0.25) is 5.91 Å². The molecule has 1 fully saturated rings. The molecular weight excluding hydrogens is 334 g/mol. The van der Waals surface area contributed by atoms with Crippen LogP contribution in [0.1, 0.15) is 30.4 Å². The summed E-state index contributed by atoms with van der Waals surface area (Å²) in [5, 5.41) is 3.09. The van der Waals surface area contributed by atoms with Gasteiger partial charge in [-0.3, -0.25) is 14.6 Å². The lowest BCUT2D eigenvalue weighted by Gasteiger charge is -2.34. The Bertz CT molecular complexity index is 681. The molecule has 27 heavy (non-hydrogen) atoms. The van der Waals surface area contributed by atoms with E-state index in [-0.39, 0.29) is 11.8 Å². The summed E-state index contributed by atoms with van der Waals surface area (Å²) in [7, 11) is 0. The van der Waals surface area contributed by atoms with Crippen LogP contribution in [0.15, 0.2) is 60.7 Å². The van der Waals surface area contributed by atoms with E-state index in [1.807, 2.05) is 18.2 Å². The first kappa shape index (κ1) is 19.6. The first-order valence-electron chi connectivity index (χ1n) is 10.0. The quantitative estimate of drug-likeness (QED) is 0.781. The van der Waals surface area contributed by atoms with Crippen LogP contribution in [-0.4, -0.2) is 55.0 Å². The first-order chi connectivity index (χ1) is 13.2. The van der Waals surface area contributed by atoms with Crippen molar-refractivity contribution in [2.24, 2.45) is 0 Å². The van der Waals surface area contributed by atoms with E-state index >= 15 is 0 Å². The van der Waals surface area contributed by atoms with Crippen molar-refractivity contribution < 1.29 is 4.79 Å². The molecule has 3 rings (SSSR count). The lowest BCUT2D eigenvalue weighted by atomic mass is 9.98. The second-order valence-electron chi connectivity index (χ2n) is 7.47. The molecule has 2 aromatic rings. The lowest BCUT2D eigenvalue weighted by Crippen LogP contribution is -2.48. The van der Waals surface area contributed by atoms with Crippen molar-refractivity contribution in [3.05, 3.63) is 71.8 Å². The van der Waals surface area contributed by atoms with Crippen LogP contribution >= 0.6 is 0 Å². The van der Waals surface area contributed by atoms with Gasteiger partial charge in [-0.25, -0.2) is 0 Å². The minimum absolute atomic E-state index is 0.147. The number of benzene rings is 2. The van der Waals surface area contributed by atoms with Gasteiger partial charge in [0.1, 0.15) is 0 Å². The first-order valence-corrected chi connectivity index (χ1v) is 10.0. The molecule has 144 valence electrons. The number of nitrogens with one attached hydrogen (secondary N) is 1. The zero-order valence-electron chi connectivity index (χ0n) is 16.3. The fourth-order valence-electron chi connectivity index (χ4n) is 3.62. The van der Waals surface area contributed by atoms with Crippen LogP contribution in [0, 0.1) is 0 Å². The van der Waals surface area contributed by atoms with E-state index in [1.54, 1.807) is 0 Å². The fourth-order valence-corrected chi connectivity index (χ4v) is 3.62. The zero-order chi connectivity index (χ0) is 18.9. The average molecular weight is 366 g/mol. The molecule has 1 aliphatic heterocycles. The Balaban J connectivity index is 1.30. The molecule has 0 bridgehead atoms. The molecule has 0 radical (unpaired) electrons. The molecule has 1 N–H and O–H groups in total. The van der Waals surface area contributed by atoms with Crippen molar-refractivity contribution >= 4 is 5.91 Å². The Morgan fingerprint density at radius 1 is 0.926 bits per heavy atom. The Kier molecular flexibility index (Phi) is 7.43. The zero-order valence-corrected chi connectivity index (χ0v) is 16.3. The molecule has 1 aliphatic rings. The summed E-state index contributed by atoms with van der Waals surface area (Å²) < 4.78 is 0. The van der Waals surface area contributed by atoms with E-state index in [4.69, 9.17) is 0 Å². The number of carbonyl (C=O) groups is 1. The summed E-state index contributed by atoms with van der Waals surface area (Å²) in [6.07, 6.45) is 0.550. The van der Waals surface area contributed by atoms with Crippen LogP contribution in [0.5, 0.6) is 0 Å². The highest BCUT2D eigenvalue weighted by molar-refractivity contribution is 5.76. The maximum Gasteiger partial charge on any atom is 0.220 e. The lowest BCUT2D eigenvalue weighted by molar-refractivity contribution is -0.121. The van der Waals surface area contributed by atoms with Gasteiger partial charge in [-0.2, -0.15) is 0 Å². The third-order valence-electron chi connectivity index (χ3n) is 5.32. The van der Waals surface area contributed by atoms with Crippen LogP contribution in [0.25, 0.3) is 0 Å². The molecule has 0 aliphatic carbocycles. The van der Waals surface area contributed by atoms with Crippen molar-refractivity contribution in [2.45, 2.75) is 25.8 Å². The largest absolute Gasteiger partial charge is 0.355 e. The summed E-state index contributed by atoms with van der Waals surface area (Å²) in [6.45, 7) is 9.14. The van der Waals surface area contributed by atoms with Crippen molar-refractivity contribution in [3.63, 3.8) is 0 Å². The molecule has 1 atom stereocenters. The maximum absolute atomic E-state index is 12.2. The Morgan fingerprint density at radius 3 is 2.19 bits per heavy atom. The third kappa shape index (κ3) is 6.49. The van der Waals surface area contributed by atoms with E-state index in [9.17, 15) is 4.79 Å². The smallest absolute Gasteiger partial charge is 0.220 e. The predicted molar refractivity (Wildman–Crippen MR) is 111 cm³/mol. The fraction of sp³-hybridized carbons (Fsp3) is 0.435. The molecule has 4 nitrogen and oxygen atoms in total. The van der Waals surface area contributed by atoms with Crippen molar-refractivity contribution in [3.8, 4) is 0 Å². The molecule has 0 spiro atoms. The monoisotopic (exact) mass is 365 g/mol. The molecular formula is C23H31N3O. The van der Waals surface area contributed by atoms with Gasteiger partial charge in [0, 0.05) is 52.2 Å². The molecule has 1 saturated heterocycles. The number of carbonyl (C=O) groups excluding carboxylic acids is 1. The van der Waals surface area contributed by atoms with Gasteiger partial charge < -0.3 is 5.32 Å². The second kappa shape index (κ2) is 10.2. The van der Waals surface area contributed by atoms with Gasteiger partial charge in [-0.1, -0.05) is 67.6 Å². The number of hydrogen-bond donors (Lipinski definition) is 1. The second-order valence-corrected chi connectivity index (χ2v) is 7.47. The van der Waals surface area contributed by atoms with E-state index in [0.29, 0.717) is 6.42 Å². The summed E-state index contributed by atoms with van der Waals surface area (Å²) in [6, 6.07) is 20.9. The van der Waals surface area contributed by atoms with Crippen LogP contribution in [0.2, 0.25) is 0 Å². The Hall–Kier alpha value is -2.17. The summed E-state index contributed by atoms with van der Waals surface area (Å²) in [4.78, 5) is 17.1. The van der Waals surface area contributed by atoms with Crippen molar-refractivity contribution in [2.75, 3.05) is 39.3 Å². The van der Waals surface area contributed by atoms with Gasteiger partial charge >= 0.3 is 0 Å². The number of amides is 1. The van der Waals surface area contributed by atoms with Crippen LogP contribution in [-0.2, 0) is 11.3 Å². The SMILES string of the molecule is CC(CC(=O)NCCN1CCN(Cc2ccccc2)CC1)c1ccccc1. The van der Waals surface area contributed by atoms with Crippen molar-refractivity contribution in [1.82, 2.24) is 15.1 Å². The predicted octanol–water partition coefficient (Wildman–Crippen LogP) is 3.11. The van der Waals surface area contributed by atoms with Crippen molar-refractivity contribution in [1.29, 1.82) is 0 Å². The molecule has 0 aromatic heterocycles. The van der Waals surface area contributed by atoms with Gasteiger partial charge in [0.15, 0.2) is 0 Å². The third-order valence-corrected chi connectivity index (χ3v) is 5.32. The average Bonchev–Trinajstić information content (AvgIpc) is 2.71. The standard InChI is InChI=1S/C23H31N3O/c1-20(22-10-6-3-7-11-22)18-23(27)24-12-13-25-14-16-26(17-15-25)19-21-8-4-2-5-9-21/h2-11,20H,12-19H2,1H3,(H,24,27). The van der Waals surface area contributed by atoms with Crippen LogP contribution in [0.4, 0.5) is 0 Å². The maximum atomic E-state index is 12.2. The van der Waals surface area contributed by atoms with Crippen LogP contribution in [0.3, 0.4) is 0 Å². The van der Waals surface area contributed by atoms with E-state index in [2.05, 4.69) is 64.5 Å². The Morgan fingerprint density at radius 2 is 1.52 bits per heavy atom. The van der Waals surface area contributed by atoms with Gasteiger partial charge in [0.25, 0.3) is 0 Å². The molecule has 4 heteroatoms. The minimum Gasteiger partial charge on any atom is -0.355 e. The number of nitrogens with zero attached hydrogens (tertiary/aromatic N) is 2. The number of rotatable bonds is 8. The normalized spacial score (nSPS) is 16.8. The molecule has 1 amide bonds. The van der Waals surface area contributed by atoms with E-state index in [0.717, 1.165) is 45.8 Å². The topological polar surface area (TPSA) is 35.6 Å². The summed E-state index contributed by atoms with van der Waals surface area (Å²) >= 11 is 0. The van der Waals surface area contributed by atoms with Crippen LogP contribution < -0.4 is 5.32 Å². The minimum atomic E-state index is 0.147. The Labute approximate surface area is 163 Å². The van der Waals surface area contributed by atoms with E-state index in [1.165, 1.54) is 11.1 Å². The highest BCUT2D eigenvalue weighted by Gasteiger charge is 2.17. The highest BCUT2D eigenvalue weighted by Crippen LogP contribution is 2.18. The summed E-state index contributed by atoms with van der Waals surface area (Å²) in [5.74, 6) is 0.404. The molecule has 0 saturated carbocycles. The van der Waals surface area contributed by atoms with Gasteiger partial charge in [-0.15, -0.1) is 0 Å². The van der Waals surface area contributed by atoms with Gasteiger partial charge in [-0.05, 0) is 17.0 Å². The highest BCUT2D eigenvalue weighted by atomic mass is 16.1. The summed E-state index contributed by atoms with van der Waals surface area (Å²) in [5.41, 5.74) is 2.60. The molecule has 1 heterocycles.